The Morgan fingerprint density at radius 1 is 1.07 bits per heavy atom. The van der Waals surface area contributed by atoms with Crippen LogP contribution in [0.1, 0.15) is 0 Å². The number of nitrogens with one attached hydrogen (secondary N) is 1. The lowest BCUT2D eigenvalue weighted by Crippen LogP contribution is -1.97. The van der Waals surface area contributed by atoms with Crippen molar-refractivity contribution in [2.45, 2.75) is 0 Å². The number of benzene rings is 1. The molecule has 76 valence electrons. The third-order valence-electron chi connectivity index (χ3n) is 1.77. The van der Waals surface area contributed by atoms with E-state index in [1.165, 1.54) is 3.57 Å². The Hall–Kier alpha value is -1.37. The van der Waals surface area contributed by atoms with E-state index in [4.69, 9.17) is 5.73 Å². The average molecular weight is 312 g/mol. The van der Waals surface area contributed by atoms with Crippen LogP contribution in [0.4, 0.5) is 17.3 Å². The summed E-state index contributed by atoms with van der Waals surface area (Å²) in [6.45, 7) is 0. The van der Waals surface area contributed by atoms with Crippen molar-refractivity contribution in [3.05, 3.63) is 40.2 Å². The number of nitrogen functional groups attached to an aromatic ring is 1. The quantitative estimate of drug-likeness (QED) is 0.836. The lowest BCUT2D eigenvalue weighted by atomic mass is 10.3. The van der Waals surface area contributed by atoms with E-state index in [2.05, 4.69) is 37.9 Å². The summed E-state index contributed by atoms with van der Waals surface area (Å²) in [6.07, 6.45) is 3.14. The highest BCUT2D eigenvalue weighted by atomic mass is 127. The van der Waals surface area contributed by atoms with Crippen molar-refractivity contribution in [1.29, 1.82) is 0 Å². The summed E-state index contributed by atoms with van der Waals surface area (Å²) in [6, 6.07) is 7.98. The Kier molecular flexibility index (Phi) is 3.00. The van der Waals surface area contributed by atoms with Gasteiger partial charge in [0.25, 0.3) is 0 Å². The standard InChI is InChI=1S/C10H9IN4/c11-7-1-3-9(4-2-7)15-10-13-5-8(12)6-14-10/h1-6H,12H2,(H,13,14,15). The fourth-order valence-corrected chi connectivity index (χ4v) is 1.42. The predicted octanol–water partition coefficient (Wildman–Crippen LogP) is 2.41. The van der Waals surface area contributed by atoms with Crippen LogP contribution < -0.4 is 11.1 Å². The van der Waals surface area contributed by atoms with Crippen molar-refractivity contribution in [2.75, 3.05) is 11.1 Å². The van der Waals surface area contributed by atoms with Gasteiger partial charge in [0.2, 0.25) is 5.95 Å². The molecule has 0 fully saturated rings. The topological polar surface area (TPSA) is 63.8 Å². The van der Waals surface area contributed by atoms with Crippen LogP contribution in [0, 0.1) is 3.57 Å². The summed E-state index contributed by atoms with van der Waals surface area (Å²) in [5.41, 5.74) is 7.00. The third kappa shape index (κ3) is 2.79. The largest absolute Gasteiger partial charge is 0.396 e. The summed E-state index contributed by atoms with van der Waals surface area (Å²) in [4.78, 5) is 8.09. The van der Waals surface area contributed by atoms with E-state index < -0.39 is 0 Å². The number of hydrogen-bond donors (Lipinski definition) is 2. The minimum Gasteiger partial charge on any atom is -0.396 e. The molecule has 0 amide bonds. The Morgan fingerprint density at radius 2 is 1.67 bits per heavy atom. The first kappa shape index (κ1) is 10.2. The van der Waals surface area contributed by atoms with E-state index in [1.54, 1.807) is 12.4 Å². The Labute approximate surface area is 101 Å². The lowest BCUT2D eigenvalue weighted by Gasteiger charge is -2.04. The molecule has 0 bridgehead atoms. The van der Waals surface area contributed by atoms with Crippen molar-refractivity contribution in [3.8, 4) is 0 Å². The number of nitrogens with zero attached hydrogens (tertiary/aromatic N) is 2. The normalized spacial score (nSPS) is 9.93. The molecule has 0 radical (unpaired) electrons. The molecule has 4 nitrogen and oxygen atoms in total. The number of hydrogen-bond acceptors (Lipinski definition) is 4. The second-order valence-corrected chi connectivity index (χ2v) is 4.22. The molecule has 0 aliphatic carbocycles. The van der Waals surface area contributed by atoms with Crippen molar-refractivity contribution in [1.82, 2.24) is 9.97 Å². The van der Waals surface area contributed by atoms with Crippen LogP contribution in [0.2, 0.25) is 0 Å². The number of rotatable bonds is 2. The maximum atomic E-state index is 5.49. The van der Waals surface area contributed by atoms with Crippen LogP contribution in [0.15, 0.2) is 36.7 Å². The molecular formula is C10H9IN4. The highest BCUT2D eigenvalue weighted by Crippen LogP contribution is 2.14. The first-order chi connectivity index (χ1) is 7.24. The van der Waals surface area contributed by atoms with Gasteiger partial charge in [0.05, 0.1) is 18.1 Å². The van der Waals surface area contributed by atoms with Gasteiger partial charge in [-0.3, -0.25) is 0 Å². The van der Waals surface area contributed by atoms with Gasteiger partial charge in [-0.1, -0.05) is 0 Å². The molecule has 0 saturated carbocycles. The molecule has 0 aliphatic heterocycles. The molecular weight excluding hydrogens is 303 g/mol. The minimum absolute atomic E-state index is 0.547. The van der Waals surface area contributed by atoms with E-state index in [-0.39, 0.29) is 0 Å². The summed E-state index contributed by atoms with van der Waals surface area (Å²) < 4.78 is 1.19. The van der Waals surface area contributed by atoms with E-state index in [0.29, 0.717) is 11.6 Å². The van der Waals surface area contributed by atoms with Crippen LogP contribution in [-0.2, 0) is 0 Å². The monoisotopic (exact) mass is 312 g/mol. The third-order valence-corrected chi connectivity index (χ3v) is 2.49. The SMILES string of the molecule is Nc1cnc(Nc2ccc(I)cc2)nc1. The van der Waals surface area contributed by atoms with Crippen molar-refractivity contribution in [3.63, 3.8) is 0 Å². The summed E-state index contributed by atoms with van der Waals surface area (Å²) >= 11 is 2.26. The summed E-state index contributed by atoms with van der Waals surface area (Å²) in [5.74, 6) is 0.547. The first-order valence-corrected chi connectivity index (χ1v) is 5.42. The van der Waals surface area contributed by atoms with Crippen molar-refractivity contribution >= 4 is 39.9 Å². The fraction of sp³-hybridized carbons (Fsp3) is 0. The van der Waals surface area contributed by atoms with Crippen LogP contribution >= 0.6 is 22.6 Å². The fourth-order valence-electron chi connectivity index (χ4n) is 1.06. The molecule has 5 heteroatoms. The van der Waals surface area contributed by atoms with Gasteiger partial charge in [0, 0.05) is 9.26 Å². The molecule has 1 heterocycles. The van der Waals surface area contributed by atoms with Crippen LogP contribution in [0.25, 0.3) is 0 Å². The van der Waals surface area contributed by atoms with E-state index in [9.17, 15) is 0 Å². The lowest BCUT2D eigenvalue weighted by molar-refractivity contribution is 1.17. The van der Waals surface area contributed by atoms with Gasteiger partial charge < -0.3 is 11.1 Å². The zero-order chi connectivity index (χ0) is 10.7. The first-order valence-electron chi connectivity index (χ1n) is 4.34. The molecule has 1 aromatic carbocycles. The Bertz CT molecular complexity index is 394. The van der Waals surface area contributed by atoms with Crippen LogP contribution in [-0.4, -0.2) is 9.97 Å². The maximum Gasteiger partial charge on any atom is 0.227 e. The van der Waals surface area contributed by atoms with E-state index in [1.807, 2.05) is 24.3 Å². The highest BCUT2D eigenvalue weighted by molar-refractivity contribution is 14.1. The minimum atomic E-state index is 0.547. The van der Waals surface area contributed by atoms with Gasteiger partial charge in [-0.25, -0.2) is 9.97 Å². The zero-order valence-electron chi connectivity index (χ0n) is 7.81. The second-order valence-electron chi connectivity index (χ2n) is 2.97. The molecule has 0 atom stereocenters. The van der Waals surface area contributed by atoms with Gasteiger partial charge in [0.1, 0.15) is 0 Å². The van der Waals surface area contributed by atoms with Gasteiger partial charge in [0.15, 0.2) is 0 Å². The second kappa shape index (κ2) is 4.43. The summed E-state index contributed by atoms with van der Waals surface area (Å²) in [7, 11) is 0. The predicted molar refractivity (Wildman–Crippen MR) is 68.9 cm³/mol. The van der Waals surface area contributed by atoms with E-state index >= 15 is 0 Å². The molecule has 2 aromatic rings. The molecule has 15 heavy (non-hydrogen) atoms. The molecule has 0 saturated heterocycles. The van der Waals surface area contributed by atoms with Crippen LogP contribution in [0.5, 0.6) is 0 Å². The van der Waals surface area contributed by atoms with Gasteiger partial charge in [-0.2, -0.15) is 0 Å². The maximum absolute atomic E-state index is 5.49. The molecule has 2 rings (SSSR count). The Balaban J connectivity index is 2.15. The highest BCUT2D eigenvalue weighted by Gasteiger charge is 1.96. The van der Waals surface area contributed by atoms with Gasteiger partial charge in [-0.05, 0) is 46.9 Å². The molecule has 0 spiro atoms. The van der Waals surface area contributed by atoms with Crippen molar-refractivity contribution in [2.24, 2.45) is 0 Å². The molecule has 0 unspecified atom stereocenters. The average Bonchev–Trinajstić information content (AvgIpc) is 2.25. The number of aromatic nitrogens is 2. The molecule has 3 N–H and O–H groups in total. The number of nitrogens with two attached hydrogens (primary N) is 1. The van der Waals surface area contributed by atoms with Crippen molar-refractivity contribution < 1.29 is 0 Å². The summed E-state index contributed by atoms with van der Waals surface area (Å²) in [5, 5.41) is 3.08. The smallest absolute Gasteiger partial charge is 0.227 e. The van der Waals surface area contributed by atoms with E-state index in [0.717, 1.165) is 5.69 Å². The molecule has 0 aliphatic rings. The molecule has 1 aromatic heterocycles. The van der Waals surface area contributed by atoms with Gasteiger partial charge in [-0.15, -0.1) is 0 Å². The zero-order valence-corrected chi connectivity index (χ0v) is 9.97. The number of halogens is 1. The van der Waals surface area contributed by atoms with Gasteiger partial charge >= 0.3 is 0 Å². The van der Waals surface area contributed by atoms with Crippen LogP contribution in [0.3, 0.4) is 0 Å². The Morgan fingerprint density at radius 3 is 2.27 bits per heavy atom. The number of anilines is 3.